The Morgan fingerprint density at radius 2 is 2.07 bits per heavy atom. The summed E-state index contributed by atoms with van der Waals surface area (Å²) in [4.78, 5) is 4.30. The molecule has 3 rings (SSSR count). The number of benzene rings is 1. The Bertz CT molecular complexity index is 356. The minimum atomic E-state index is 0.292. The van der Waals surface area contributed by atoms with Gasteiger partial charge in [0, 0.05) is 5.92 Å². The highest BCUT2D eigenvalue weighted by atomic mass is 16.5. The minimum Gasteiger partial charge on any atom is -0.472 e. The van der Waals surface area contributed by atoms with Gasteiger partial charge in [0.15, 0.2) is 0 Å². The maximum Gasteiger partial charge on any atom is 0.273 e. The molecule has 2 unspecified atom stereocenters. The first-order valence-corrected chi connectivity index (χ1v) is 5.57. The zero-order valence-electron chi connectivity index (χ0n) is 8.60. The van der Waals surface area contributed by atoms with Gasteiger partial charge in [0.2, 0.25) is 0 Å². The van der Waals surface area contributed by atoms with E-state index < -0.39 is 0 Å². The Balaban J connectivity index is 1.87. The molecule has 1 heterocycles. The van der Waals surface area contributed by atoms with Crippen molar-refractivity contribution in [1.82, 2.24) is 0 Å². The SMILES string of the molecule is [C]1=NC(C(c2ccccc2)C2CC2)CO1. The van der Waals surface area contributed by atoms with Gasteiger partial charge in [0.25, 0.3) is 6.40 Å². The summed E-state index contributed by atoms with van der Waals surface area (Å²) in [7, 11) is 0. The van der Waals surface area contributed by atoms with Gasteiger partial charge < -0.3 is 4.74 Å². The van der Waals surface area contributed by atoms with E-state index >= 15 is 0 Å². The number of hydrogen-bond donors (Lipinski definition) is 0. The van der Waals surface area contributed by atoms with E-state index in [4.69, 9.17) is 4.74 Å². The van der Waals surface area contributed by atoms with E-state index in [0.717, 1.165) is 5.92 Å². The number of hydrogen-bond acceptors (Lipinski definition) is 2. The highest BCUT2D eigenvalue weighted by Crippen LogP contribution is 2.45. The predicted molar refractivity (Wildman–Crippen MR) is 59.1 cm³/mol. The molecular weight excluding hydrogens is 186 g/mol. The van der Waals surface area contributed by atoms with Crippen LogP contribution in [0, 0.1) is 5.92 Å². The lowest BCUT2D eigenvalue weighted by molar-refractivity contribution is 0.302. The molecule has 15 heavy (non-hydrogen) atoms. The number of ether oxygens (including phenoxy) is 1. The highest BCUT2D eigenvalue weighted by molar-refractivity contribution is 5.49. The smallest absolute Gasteiger partial charge is 0.273 e. The molecule has 1 radical (unpaired) electrons. The summed E-state index contributed by atoms with van der Waals surface area (Å²) in [5.74, 6) is 1.35. The van der Waals surface area contributed by atoms with Crippen molar-refractivity contribution in [2.24, 2.45) is 10.9 Å². The van der Waals surface area contributed by atoms with Gasteiger partial charge in [-0.2, -0.15) is 0 Å². The second kappa shape index (κ2) is 3.69. The van der Waals surface area contributed by atoms with Crippen molar-refractivity contribution < 1.29 is 4.74 Å². The van der Waals surface area contributed by atoms with Crippen molar-refractivity contribution in [3.63, 3.8) is 0 Å². The molecule has 0 spiro atoms. The Labute approximate surface area is 90.0 Å². The molecule has 2 nitrogen and oxygen atoms in total. The fraction of sp³-hybridized carbons (Fsp3) is 0.462. The Hall–Kier alpha value is -1.31. The molecule has 0 N–H and O–H groups in total. The first-order chi connectivity index (χ1) is 7.45. The number of aliphatic imine (C=N–C) groups is 1. The van der Waals surface area contributed by atoms with Crippen molar-refractivity contribution in [2.75, 3.05) is 6.61 Å². The maximum absolute atomic E-state index is 5.12. The summed E-state index contributed by atoms with van der Waals surface area (Å²) < 4.78 is 5.12. The lowest BCUT2D eigenvalue weighted by Gasteiger charge is -2.20. The molecule has 0 bridgehead atoms. The van der Waals surface area contributed by atoms with E-state index in [1.165, 1.54) is 18.4 Å². The van der Waals surface area contributed by atoms with Gasteiger partial charge in [-0.3, -0.25) is 0 Å². The third-order valence-corrected chi connectivity index (χ3v) is 3.27. The summed E-state index contributed by atoms with van der Waals surface area (Å²) in [5.41, 5.74) is 1.40. The molecule has 2 heteroatoms. The van der Waals surface area contributed by atoms with E-state index in [2.05, 4.69) is 41.7 Å². The van der Waals surface area contributed by atoms with E-state index in [1.807, 2.05) is 0 Å². The van der Waals surface area contributed by atoms with Crippen LogP contribution >= 0.6 is 0 Å². The van der Waals surface area contributed by atoms with Crippen LogP contribution in [0.2, 0.25) is 0 Å². The van der Waals surface area contributed by atoms with Crippen LogP contribution in [0.15, 0.2) is 35.3 Å². The molecule has 1 aromatic rings. The molecule has 0 amide bonds. The summed E-state index contributed by atoms with van der Waals surface area (Å²) in [6, 6.07) is 11.0. The number of rotatable bonds is 3. The summed E-state index contributed by atoms with van der Waals surface area (Å²) in [5, 5.41) is 0. The van der Waals surface area contributed by atoms with Gasteiger partial charge in [0.1, 0.15) is 6.61 Å². The third kappa shape index (κ3) is 1.76. The van der Waals surface area contributed by atoms with Crippen molar-refractivity contribution in [2.45, 2.75) is 24.8 Å². The lowest BCUT2D eigenvalue weighted by atomic mass is 9.88. The van der Waals surface area contributed by atoms with Gasteiger partial charge in [0.05, 0.1) is 6.04 Å². The van der Waals surface area contributed by atoms with E-state index in [1.54, 1.807) is 0 Å². The molecule has 2 aliphatic rings. The average molecular weight is 200 g/mol. The Morgan fingerprint density at radius 1 is 1.27 bits per heavy atom. The molecule has 1 aliphatic heterocycles. The molecule has 1 saturated carbocycles. The Kier molecular flexibility index (Phi) is 2.20. The molecule has 1 aliphatic carbocycles. The first kappa shape index (κ1) is 8.96. The van der Waals surface area contributed by atoms with Gasteiger partial charge in [-0.1, -0.05) is 30.3 Å². The van der Waals surface area contributed by atoms with Crippen molar-refractivity contribution in [1.29, 1.82) is 0 Å². The fourth-order valence-electron chi connectivity index (χ4n) is 2.39. The third-order valence-electron chi connectivity index (χ3n) is 3.27. The van der Waals surface area contributed by atoms with Crippen molar-refractivity contribution >= 4 is 6.40 Å². The van der Waals surface area contributed by atoms with Gasteiger partial charge in [-0.25, -0.2) is 4.99 Å². The van der Waals surface area contributed by atoms with Crippen molar-refractivity contribution in [3.05, 3.63) is 35.9 Å². The second-order valence-electron chi connectivity index (χ2n) is 4.37. The largest absolute Gasteiger partial charge is 0.472 e. The van der Waals surface area contributed by atoms with E-state index in [0.29, 0.717) is 18.6 Å². The zero-order chi connectivity index (χ0) is 10.1. The van der Waals surface area contributed by atoms with Crippen molar-refractivity contribution in [3.8, 4) is 0 Å². The summed E-state index contributed by atoms with van der Waals surface area (Å²) >= 11 is 0. The van der Waals surface area contributed by atoms with Crippen LogP contribution in [0.25, 0.3) is 0 Å². The highest BCUT2D eigenvalue weighted by Gasteiger charge is 2.38. The second-order valence-corrected chi connectivity index (χ2v) is 4.37. The van der Waals surface area contributed by atoms with Crippen LogP contribution in [-0.2, 0) is 4.74 Å². The normalized spacial score (nSPS) is 26.3. The average Bonchev–Trinajstić information content (AvgIpc) is 2.96. The first-order valence-electron chi connectivity index (χ1n) is 5.57. The standard InChI is InChI=1S/C13H14NO/c1-2-4-10(5-3-1)13(11-6-7-11)12-8-15-9-14-12/h1-5,11-13H,6-8H2. The summed E-state index contributed by atoms with van der Waals surface area (Å²) in [6.07, 6.45) is 5.31. The molecule has 2 atom stereocenters. The fourth-order valence-corrected chi connectivity index (χ4v) is 2.39. The number of nitrogens with zero attached hydrogens (tertiary/aromatic N) is 1. The minimum absolute atomic E-state index is 0.292. The molecule has 0 saturated heterocycles. The van der Waals surface area contributed by atoms with E-state index in [-0.39, 0.29) is 0 Å². The van der Waals surface area contributed by atoms with Crippen LogP contribution in [0.4, 0.5) is 0 Å². The maximum atomic E-state index is 5.12. The molecule has 0 aromatic heterocycles. The molecule has 1 aromatic carbocycles. The van der Waals surface area contributed by atoms with Crippen LogP contribution < -0.4 is 0 Å². The van der Waals surface area contributed by atoms with Crippen LogP contribution in [0.5, 0.6) is 0 Å². The lowest BCUT2D eigenvalue weighted by Crippen LogP contribution is -2.20. The topological polar surface area (TPSA) is 21.6 Å². The summed E-state index contributed by atoms with van der Waals surface area (Å²) in [6.45, 7) is 0.704. The Morgan fingerprint density at radius 3 is 2.67 bits per heavy atom. The quantitative estimate of drug-likeness (QED) is 0.734. The van der Waals surface area contributed by atoms with Crippen LogP contribution in [0.1, 0.15) is 24.3 Å². The monoisotopic (exact) mass is 200 g/mol. The van der Waals surface area contributed by atoms with Gasteiger partial charge >= 0.3 is 0 Å². The molecular formula is C13H14NO. The van der Waals surface area contributed by atoms with Crippen LogP contribution in [-0.4, -0.2) is 19.0 Å². The van der Waals surface area contributed by atoms with Crippen LogP contribution in [0.3, 0.4) is 0 Å². The van der Waals surface area contributed by atoms with E-state index in [9.17, 15) is 0 Å². The van der Waals surface area contributed by atoms with Gasteiger partial charge in [-0.05, 0) is 24.3 Å². The zero-order valence-corrected chi connectivity index (χ0v) is 8.60. The predicted octanol–water partition coefficient (Wildman–Crippen LogP) is 2.48. The molecule has 77 valence electrons. The van der Waals surface area contributed by atoms with Gasteiger partial charge in [-0.15, -0.1) is 0 Å². The molecule has 1 fully saturated rings.